The Hall–Kier alpha value is -0.800. The van der Waals surface area contributed by atoms with Crippen molar-refractivity contribution in [1.29, 1.82) is 0 Å². The Balaban J connectivity index is 2.18. The molecule has 1 aromatic heterocycles. The molecule has 0 aliphatic rings. The van der Waals surface area contributed by atoms with E-state index in [0.717, 1.165) is 26.1 Å². The number of nitrogens with one attached hydrogen (secondary N) is 1. The number of hydrogen-bond donors (Lipinski definition) is 2. The fourth-order valence-corrected chi connectivity index (χ4v) is 1.53. The third kappa shape index (κ3) is 3.94. The molecule has 0 spiro atoms. The van der Waals surface area contributed by atoms with Crippen LogP contribution in [0.5, 0.6) is 0 Å². The third-order valence-corrected chi connectivity index (χ3v) is 2.45. The minimum Gasteiger partial charge on any atom is -0.365 e. The number of likely N-dealkylation sites (N-methyl/N-ethyl adjacent to an activating group) is 1. The highest BCUT2D eigenvalue weighted by atomic mass is 15.1. The zero-order valence-corrected chi connectivity index (χ0v) is 9.16. The molecule has 0 fully saturated rings. The summed E-state index contributed by atoms with van der Waals surface area (Å²) in [5, 5.41) is 0. The van der Waals surface area contributed by atoms with Crippen LogP contribution in [-0.2, 0) is 6.42 Å². The van der Waals surface area contributed by atoms with Gasteiger partial charge in [0.15, 0.2) is 0 Å². The second kappa shape index (κ2) is 5.83. The first-order valence-electron chi connectivity index (χ1n) is 5.23. The first kappa shape index (κ1) is 11.3. The number of aromatic amines is 1. The molecule has 14 heavy (non-hydrogen) atoms. The SMILES string of the molecule is CC(CN)CN(C)CCc1ccc[nH]1. The van der Waals surface area contributed by atoms with Crippen molar-refractivity contribution in [2.45, 2.75) is 13.3 Å². The maximum absolute atomic E-state index is 5.58. The van der Waals surface area contributed by atoms with Gasteiger partial charge in [-0.15, -0.1) is 0 Å². The molecule has 3 nitrogen and oxygen atoms in total. The molecule has 1 atom stereocenters. The highest BCUT2D eigenvalue weighted by Gasteiger charge is 2.04. The molecule has 0 saturated heterocycles. The Morgan fingerprint density at radius 2 is 2.36 bits per heavy atom. The number of rotatable bonds is 6. The van der Waals surface area contributed by atoms with Gasteiger partial charge in [-0.25, -0.2) is 0 Å². The molecule has 0 aliphatic carbocycles. The van der Waals surface area contributed by atoms with E-state index in [9.17, 15) is 0 Å². The predicted octanol–water partition coefficient (Wildman–Crippen LogP) is 1.08. The molecule has 1 unspecified atom stereocenters. The van der Waals surface area contributed by atoms with E-state index in [-0.39, 0.29) is 0 Å². The largest absolute Gasteiger partial charge is 0.365 e. The minimum absolute atomic E-state index is 0.587. The lowest BCUT2D eigenvalue weighted by Gasteiger charge is -2.19. The van der Waals surface area contributed by atoms with Crippen molar-refractivity contribution < 1.29 is 0 Å². The molecule has 1 heterocycles. The summed E-state index contributed by atoms with van der Waals surface area (Å²) in [5.41, 5.74) is 6.88. The lowest BCUT2D eigenvalue weighted by atomic mass is 10.1. The molecule has 0 amide bonds. The summed E-state index contributed by atoms with van der Waals surface area (Å²) in [7, 11) is 2.15. The van der Waals surface area contributed by atoms with Gasteiger partial charge < -0.3 is 15.6 Å². The van der Waals surface area contributed by atoms with Crippen molar-refractivity contribution >= 4 is 0 Å². The molecule has 1 aromatic rings. The fraction of sp³-hybridized carbons (Fsp3) is 0.636. The van der Waals surface area contributed by atoms with Crippen LogP contribution in [0.15, 0.2) is 18.3 Å². The topological polar surface area (TPSA) is 45.0 Å². The summed E-state index contributed by atoms with van der Waals surface area (Å²) in [6.45, 7) is 5.13. The molecular weight excluding hydrogens is 174 g/mol. The van der Waals surface area contributed by atoms with Crippen LogP contribution >= 0.6 is 0 Å². The Labute approximate surface area is 86.3 Å². The van der Waals surface area contributed by atoms with Crippen molar-refractivity contribution in [3.05, 3.63) is 24.0 Å². The first-order valence-corrected chi connectivity index (χ1v) is 5.23. The van der Waals surface area contributed by atoms with Gasteiger partial charge in [0.05, 0.1) is 0 Å². The highest BCUT2D eigenvalue weighted by Crippen LogP contribution is 1.99. The molecule has 1 rings (SSSR count). The lowest BCUT2D eigenvalue weighted by molar-refractivity contribution is 0.291. The molecule has 0 radical (unpaired) electrons. The average Bonchev–Trinajstić information content (AvgIpc) is 2.67. The number of H-pyrrole nitrogens is 1. The smallest absolute Gasteiger partial charge is 0.0159 e. The zero-order chi connectivity index (χ0) is 10.4. The number of aromatic nitrogens is 1. The van der Waals surface area contributed by atoms with E-state index in [1.165, 1.54) is 5.69 Å². The maximum atomic E-state index is 5.58. The monoisotopic (exact) mass is 195 g/mol. The predicted molar refractivity (Wildman–Crippen MR) is 60.2 cm³/mol. The molecule has 0 aromatic carbocycles. The van der Waals surface area contributed by atoms with Crippen LogP contribution < -0.4 is 5.73 Å². The van der Waals surface area contributed by atoms with Gasteiger partial charge in [-0.2, -0.15) is 0 Å². The molecule has 0 bridgehead atoms. The van der Waals surface area contributed by atoms with Crippen LogP contribution in [0.25, 0.3) is 0 Å². The van der Waals surface area contributed by atoms with Gasteiger partial charge >= 0.3 is 0 Å². The van der Waals surface area contributed by atoms with Gasteiger partial charge in [-0.3, -0.25) is 0 Å². The molecule has 3 N–H and O–H groups in total. The molecule has 3 heteroatoms. The van der Waals surface area contributed by atoms with Gasteiger partial charge in [0, 0.05) is 31.4 Å². The first-order chi connectivity index (χ1) is 6.72. The third-order valence-electron chi connectivity index (χ3n) is 2.45. The van der Waals surface area contributed by atoms with Gasteiger partial charge in [0.25, 0.3) is 0 Å². The Kier molecular flexibility index (Phi) is 4.70. The van der Waals surface area contributed by atoms with Gasteiger partial charge in [-0.05, 0) is 31.6 Å². The van der Waals surface area contributed by atoms with Crippen molar-refractivity contribution in [2.24, 2.45) is 11.7 Å². The van der Waals surface area contributed by atoms with E-state index >= 15 is 0 Å². The van der Waals surface area contributed by atoms with Crippen molar-refractivity contribution in [1.82, 2.24) is 9.88 Å². The summed E-state index contributed by atoms with van der Waals surface area (Å²) in [6.07, 6.45) is 3.05. The lowest BCUT2D eigenvalue weighted by Crippen LogP contribution is -2.30. The second-order valence-corrected chi connectivity index (χ2v) is 4.05. The van der Waals surface area contributed by atoms with Gasteiger partial charge in [0.2, 0.25) is 0 Å². The summed E-state index contributed by atoms with van der Waals surface area (Å²) in [4.78, 5) is 5.54. The van der Waals surface area contributed by atoms with Crippen molar-refractivity contribution in [2.75, 3.05) is 26.7 Å². The van der Waals surface area contributed by atoms with Crippen molar-refractivity contribution in [3.63, 3.8) is 0 Å². The standard InChI is InChI=1S/C11H21N3/c1-10(8-12)9-14(2)7-5-11-4-3-6-13-11/h3-4,6,10,13H,5,7-9,12H2,1-2H3. The van der Waals surface area contributed by atoms with Gasteiger partial charge in [-0.1, -0.05) is 6.92 Å². The van der Waals surface area contributed by atoms with E-state index in [1.807, 2.05) is 12.3 Å². The van der Waals surface area contributed by atoms with Crippen LogP contribution in [0.2, 0.25) is 0 Å². The van der Waals surface area contributed by atoms with E-state index < -0.39 is 0 Å². The van der Waals surface area contributed by atoms with Crippen molar-refractivity contribution in [3.8, 4) is 0 Å². The van der Waals surface area contributed by atoms with Gasteiger partial charge in [0.1, 0.15) is 0 Å². The van der Waals surface area contributed by atoms with Crippen LogP contribution in [0.3, 0.4) is 0 Å². The van der Waals surface area contributed by atoms with Crippen LogP contribution in [0.4, 0.5) is 0 Å². The summed E-state index contributed by atoms with van der Waals surface area (Å²) in [5.74, 6) is 0.587. The Morgan fingerprint density at radius 1 is 1.57 bits per heavy atom. The minimum atomic E-state index is 0.587. The average molecular weight is 195 g/mol. The molecule has 0 aliphatic heterocycles. The van der Waals surface area contributed by atoms with Crippen LogP contribution in [0, 0.1) is 5.92 Å². The van der Waals surface area contributed by atoms with E-state index in [2.05, 4.69) is 29.9 Å². The number of hydrogen-bond acceptors (Lipinski definition) is 2. The normalized spacial score (nSPS) is 13.4. The van der Waals surface area contributed by atoms with E-state index in [1.54, 1.807) is 0 Å². The second-order valence-electron chi connectivity index (χ2n) is 4.05. The summed E-state index contributed by atoms with van der Waals surface area (Å²) < 4.78 is 0. The number of nitrogens with zero attached hydrogens (tertiary/aromatic N) is 1. The van der Waals surface area contributed by atoms with Crippen LogP contribution in [-0.4, -0.2) is 36.6 Å². The van der Waals surface area contributed by atoms with Crippen LogP contribution in [0.1, 0.15) is 12.6 Å². The summed E-state index contributed by atoms with van der Waals surface area (Å²) >= 11 is 0. The molecular formula is C11H21N3. The number of nitrogens with two attached hydrogens (primary N) is 1. The van der Waals surface area contributed by atoms with E-state index in [4.69, 9.17) is 5.73 Å². The Bertz CT molecular complexity index is 231. The quantitative estimate of drug-likeness (QED) is 0.713. The molecule has 80 valence electrons. The zero-order valence-electron chi connectivity index (χ0n) is 9.16. The fourth-order valence-electron chi connectivity index (χ4n) is 1.53. The summed E-state index contributed by atoms with van der Waals surface area (Å²) in [6, 6.07) is 4.16. The molecule has 0 saturated carbocycles. The Morgan fingerprint density at radius 3 is 2.93 bits per heavy atom. The van der Waals surface area contributed by atoms with E-state index in [0.29, 0.717) is 5.92 Å². The highest BCUT2D eigenvalue weighted by molar-refractivity contribution is 5.03. The maximum Gasteiger partial charge on any atom is 0.0159 e.